The van der Waals surface area contributed by atoms with Crippen molar-refractivity contribution in [2.75, 3.05) is 11.9 Å². The predicted octanol–water partition coefficient (Wildman–Crippen LogP) is 3.96. The van der Waals surface area contributed by atoms with E-state index in [4.69, 9.17) is 0 Å². The number of carboxylic acids is 1. The Labute approximate surface area is 198 Å². The molecule has 3 aromatic rings. The van der Waals surface area contributed by atoms with Crippen molar-refractivity contribution in [3.05, 3.63) is 59.9 Å². The van der Waals surface area contributed by atoms with Gasteiger partial charge >= 0.3 is 5.97 Å². The summed E-state index contributed by atoms with van der Waals surface area (Å²) in [6, 6.07) is 10.2. The van der Waals surface area contributed by atoms with Crippen LogP contribution in [0, 0.1) is 10.8 Å². The summed E-state index contributed by atoms with van der Waals surface area (Å²) < 4.78 is 1.16. The molecule has 2 heterocycles. The maximum atomic E-state index is 13.2. The van der Waals surface area contributed by atoms with Crippen molar-refractivity contribution >= 4 is 23.7 Å². The molecule has 0 aliphatic carbocycles. The maximum absolute atomic E-state index is 13.2. The molecule has 0 bridgehead atoms. The summed E-state index contributed by atoms with van der Waals surface area (Å²) in [7, 11) is 1.54. The molecule has 0 fully saturated rings. The molecule has 0 atom stereocenters. The molecule has 9 nitrogen and oxygen atoms in total. The van der Waals surface area contributed by atoms with Crippen LogP contribution in [0.3, 0.4) is 0 Å². The molecule has 0 radical (unpaired) electrons. The van der Waals surface area contributed by atoms with Gasteiger partial charge in [0.1, 0.15) is 0 Å². The molecule has 2 aromatic heterocycles. The van der Waals surface area contributed by atoms with Crippen molar-refractivity contribution < 1.29 is 19.5 Å². The van der Waals surface area contributed by atoms with Crippen molar-refractivity contribution in [2.45, 2.75) is 41.0 Å². The Morgan fingerprint density at radius 2 is 1.56 bits per heavy atom. The molecule has 1 N–H and O–H groups in total. The summed E-state index contributed by atoms with van der Waals surface area (Å²) in [5, 5.41) is 13.7. The van der Waals surface area contributed by atoms with Gasteiger partial charge in [0, 0.05) is 36.0 Å². The molecule has 0 spiro atoms. The summed E-state index contributed by atoms with van der Waals surface area (Å²) in [6.07, 6.45) is 3.53. The van der Waals surface area contributed by atoms with Crippen LogP contribution in [-0.4, -0.2) is 49.7 Å². The van der Waals surface area contributed by atoms with Gasteiger partial charge in [0.2, 0.25) is 5.95 Å². The quantitative estimate of drug-likeness (QED) is 0.588. The third-order valence-electron chi connectivity index (χ3n) is 5.39. The highest BCUT2D eigenvalue weighted by molar-refractivity contribution is 6.05. The number of carbonyl (C=O) groups excluding carboxylic acids is 2. The number of pyridine rings is 1. The van der Waals surface area contributed by atoms with E-state index in [2.05, 4.69) is 15.1 Å². The summed E-state index contributed by atoms with van der Waals surface area (Å²) in [5.74, 6) is -1.16. The van der Waals surface area contributed by atoms with Crippen LogP contribution < -0.4 is 4.90 Å². The average Bonchev–Trinajstić information content (AvgIpc) is 3.23. The number of nitrogens with zero attached hydrogens (tertiary/aromatic N) is 5. The van der Waals surface area contributed by atoms with Crippen LogP contribution in [-0.2, 0) is 11.2 Å². The normalized spacial score (nSPS) is 11.8. The molecule has 9 heteroatoms. The molecular formula is C25H29N5O4. The smallest absolute Gasteiger partial charge is 0.309 e. The van der Waals surface area contributed by atoms with Gasteiger partial charge in [-0.3, -0.25) is 24.3 Å². The topological polar surface area (TPSA) is 118 Å². The molecule has 3 rings (SSSR count). The summed E-state index contributed by atoms with van der Waals surface area (Å²) in [4.78, 5) is 47.5. The zero-order valence-corrected chi connectivity index (χ0v) is 20.2. The Bertz CT molecular complexity index is 1210. The first-order chi connectivity index (χ1) is 15.8. The Hall–Kier alpha value is -3.88. The number of benzene rings is 1. The minimum Gasteiger partial charge on any atom is -0.481 e. The number of hydrogen-bond donors (Lipinski definition) is 1. The number of rotatable bonds is 6. The number of aromatic nitrogens is 4. The van der Waals surface area contributed by atoms with E-state index in [1.165, 1.54) is 11.9 Å². The third-order valence-corrected chi connectivity index (χ3v) is 5.39. The van der Waals surface area contributed by atoms with Crippen LogP contribution in [0.15, 0.2) is 48.8 Å². The van der Waals surface area contributed by atoms with Gasteiger partial charge in [-0.15, -0.1) is 5.10 Å². The Morgan fingerprint density at radius 3 is 2.09 bits per heavy atom. The molecule has 0 aliphatic rings. The van der Waals surface area contributed by atoms with Gasteiger partial charge < -0.3 is 5.11 Å². The van der Waals surface area contributed by atoms with E-state index < -0.39 is 16.8 Å². The Balaban J connectivity index is 1.94. The average molecular weight is 464 g/mol. The zero-order valence-electron chi connectivity index (χ0n) is 20.2. The minimum absolute atomic E-state index is 0.104. The van der Waals surface area contributed by atoms with E-state index in [9.17, 15) is 19.5 Å². The molecule has 0 aliphatic heterocycles. The van der Waals surface area contributed by atoms with Crippen LogP contribution in [0.4, 0.5) is 5.95 Å². The molecule has 0 saturated carbocycles. The minimum atomic E-state index is -0.921. The predicted molar refractivity (Wildman–Crippen MR) is 128 cm³/mol. The monoisotopic (exact) mass is 463 g/mol. The molecule has 0 saturated heterocycles. The second-order valence-corrected chi connectivity index (χ2v) is 9.87. The number of amides is 1. The molecule has 0 unspecified atom stereocenters. The van der Waals surface area contributed by atoms with E-state index in [-0.39, 0.29) is 17.8 Å². The van der Waals surface area contributed by atoms with Gasteiger partial charge in [-0.1, -0.05) is 32.9 Å². The van der Waals surface area contributed by atoms with Crippen LogP contribution in [0.1, 0.15) is 55.3 Å². The number of aliphatic carboxylic acids is 1. The number of anilines is 1. The van der Waals surface area contributed by atoms with Gasteiger partial charge in [-0.2, -0.15) is 9.67 Å². The van der Waals surface area contributed by atoms with Crippen LogP contribution in [0.2, 0.25) is 0 Å². The first-order valence-electron chi connectivity index (χ1n) is 10.8. The van der Waals surface area contributed by atoms with Gasteiger partial charge in [-0.25, -0.2) is 0 Å². The lowest BCUT2D eigenvalue weighted by Gasteiger charge is -2.21. The highest BCUT2D eigenvalue weighted by atomic mass is 16.4. The van der Waals surface area contributed by atoms with E-state index in [1.807, 2.05) is 0 Å². The molecular weight excluding hydrogens is 434 g/mol. The fourth-order valence-corrected chi connectivity index (χ4v) is 3.23. The highest BCUT2D eigenvalue weighted by Crippen LogP contribution is 2.26. The van der Waals surface area contributed by atoms with Gasteiger partial charge in [0.05, 0.1) is 5.41 Å². The lowest BCUT2D eigenvalue weighted by atomic mass is 9.86. The number of carboxylic acid groups (broad SMARTS) is 1. The van der Waals surface area contributed by atoms with Crippen LogP contribution >= 0.6 is 0 Å². The van der Waals surface area contributed by atoms with Gasteiger partial charge in [0.15, 0.2) is 5.82 Å². The maximum Gasteiger partial charge on any atom is 0.309 e. The molecule has 1 amide bonds. The lowest BCUT2D eigenvalue weighted by molar-refractivity contribution is -0.146. The Kier molecular flexibility index (Phi) is 6.67. The number of carbonyl (C=O) groups is 3. The van der Waals surface area contributed by atoms with Crippen molar-refractivity contribution in [1.82, 2.24) is 19.7 Å². The van der Waals surface area contributed by atoms with Crippen LogP contribution in [0.25, 0.3) is 11.4 Å². The summed E-state index contributed by atoms with van der Waals surface area (Å²) >= 11 is 0. The summed E-state index contributed by atoms with van der Waals surface area (Å²) in [6.45, 7) is 8.62. The fraction of sp³-hybridized carbons (Fsp3) is 0.360. The largest absolute Gasteiger partial charge is 0.481 e. The van der Waals surface area contributed by atoms with E-state index in [0.29, 0.717) is 23.4 Å². The first-order valence-corrected chi connectivity index (χ1v) is 10.8. The fourth-order valence-electron chi connectivity index (χ4n) is 3.23. The standard InChI is InChI=1S/C25H29N5O4/c1-24(2,3)21(32)30-23(27-19(28-30)17-11-13-26-14-12-17)29(6)20(31)18-9-7-16(8-10-18)15-25(4,5)22(33)34/h7-14H,15H2,1-6H3,(H,33,34). The van der Waals surface area contributed by atoms with Crippen molar-refractivity contribution in [3.8, 4) is 11.4 Å². The van der Waals surface area contributed by atoms with E-state index in [0.717, 1.165) is 10.2 Å². The van der Waals surface area contributed by atoms with Gasteiger partial charge in [-0.05, 0) is 50.1 Å². The first kappa shape index (κ1) is 24.8. The van der Waals surface area contributed by atoms with Crippen molar-refractivity contribution in [3.63, 3.8) is 0 Å². The Morgan fingerprint density at radius 1 is 0.971 bits per heavy atom. The second kappa shape index (κ2) is 9.17. The van der Waals surface area contributed by atoms with Crippen LogP contribution in [0.5, 0.6) is 0 Å². The molecule has 1 aromatic carbocycles. The van der Waals surface area contributed by atoms with E-state index >= 15 is 0 Å². The van der Waals surface area contributed by atoms with Crippen molar-refractivity contribution in [1.29, 1.82) is 0 Å². The highest BCUT2D eigenvalue weighted by Gasteiger charge is 2.31. The summed E-state index contributed by atoms with van der Waals surface area (Å²) in [5.41, 5.74) is 0.179. The van der Waals surface area contributed by atoms with Crippen molar-refractivity contribution in [2.24, 2.45) is 10.8 Å². The molecule has 178 valence electrons. The SMILES string of the molecule is CN(C(=O)c1ccc(CC(C)(C)C(=O)O)cc1)c1nc(-c2ccncc2)nn1C(=O)C(C)(C)C. The lowest BCUT2D eigenvalue weighted by Crippen LogP contribution is -2.34. The molecule has 34 heavy (non-hydrogen) atoms. The third kappa shape index (κ3) is 5.19. The zero-order chi connectivity index (χ0) is 25.3. The van der Waals surface area contributed by atoms with E-state index in [1.54, 1.807) is 83.4 Å². The number of hydrogen-bond acceptors (Lipinski definition) is 6. The second-order valence-electron chi connectivity index (χ2n) is 9.87. The van der Waals surface area contributed by atoms with Gasteiger partial charge in [0.25, 0.3) is 11.8 Å².